The van der Waals surface area contributed by atoms with Crippen LogP contribution in [0.4, 0.5) is 0 Å². The molecule has 1 aromatic rings. The number of carbonyl (C=O) groups excluding carboxylic acids is 2. The van der Waals surface area contributed by atoms with Crippen LogP contribution in [0.1, 0.15) is 87.2 Å². The van der Waals surface area contributed by atoms with Gasteiger partial charge >= 0.3 is 0 Å². The Morgan fingerprint density at radius 2 is 1.68 bits per heavy atom. The third kappa shape index (κ3) is 5.07. The quantitative estimate of drug-likeness (QED) is 0.603. The van der Waals surface area contributed by atoms with Crippen LogP contribution in [0.25, 0.3) is 0 Å². The molecule has 0 bridgehead atoms. The minimum atomic E-state index is -0.462. The predicted octanol–water partition coefficient (Wildman–Crippen LogP) is 4.46. The maximum atomic E-state index is 12.8. The number of amides is 2. The fourth-order valence-electron chi connectivity index (χ4n) is 3.45. The molecule has 138 valence electrons. The zero-order valence-electron chi connectivity index (χ0n) is 15.7. The van der Waals surface area contributed by atoms with Crippen LogP contribution in [0.15, 0.2) is 24.3 Å². The zero-order valence-corrected chi connectivity index (χ0v) is 15.7. The van der Waals surface area contributed by atoms with E-state index in [-0.39, 0.29) is 11.8 Å². The Bertz CT molecular complexity index is 571. The van der Waals surface area contributed by atoms with E-state index in [0.717, 1.165) is 37.7 Å². The summed E-state index contributed by atoms with van der Waals surface area (Å²) >= 11 is 0. The number of fused-ring (bicyclic) bond motifs is 1. The third-order valence-electron chi connectivity index (χ3n) is 4.89. The smallest absolute Gasteiger partial charge is 0.255 e. The van der Waals surface area contributed by atoms with Gasteiger partial charge in [0.05, 0.1) is 0 Å². The summed E-state index contributed by atoms with van der Waals surface area (Å²) in [5.41, 5.74) is 1.54. The van der Waals surface area contributed by atoms with Crippen molar-refractivity contribution < 1.29 is 9.59 Å². The second-order valence-corrected chi connectivity index (χ2v) is 6.90. The number of rotatable bonds is 11. The van der Waals surface area contributed by atoms with Crippen molar-refractivity contribution in [1.29, 1.82) is 0 Å². The molecule has 0 aliphatic carbocycles. The van der Waals surface area contributed by atoms with Crippen LogP contribution in [0, 0.1) is 0 Å². The van der Waals surface area contributed by atoms with Crippen LogP contribution in [-0.4, -0.2) is 29.8 Å². The molecule has 0 saturated heterocycles. The maximum absolute atomic E-state index is 12.8. The molecule has 4 nitrogen and oxygen atoms in total. The van der Waals surface area contributed by atoms with Gasteiger partial charge in [-0.15, -0.1) is 0 Å². The molecule has 1 aliphatic rings. The van der Waals surface area contributed by atoms with Gasteiger partial charge in [-0.3, -0.25) is 9.59 Å². The fraction of sp³-hybridized carbons (Fsp3) is 0.619. The Kier molecular flexibility index (Phi) is 7.96. The molecule has 25 heavy (non-hydrogen) atoms. The molecule has 2 rings (SSSR count). The van der Waals surface area contributed by atoms with Crippen molar-refractivity contribution in [3.8, 4) is 0 Å². The molecule has 0 saturated carbocycles. The Morgan fingerprint density at radius 1 is 1.00 bits per heavy atom. The Hall–Kier alpha value is -1.84. The normalized spacial score (nSPS) is 16.2. The highest BCUT2D eigenvalue weighted by atomic mass is 16.2. The zero-order chi connectivity index (χ0) is 18.1. The number of benzene rings is 1. The second-order valence-electron chi connectivity index (χ2n) is 6.90. The van der Waals surface area contributed by atoms with Gasteiger partial charge in [0.25, 0.3) is 5.91 Å². The van der Waals surface area contributed by atoms with Crippen LogP contribution < -0.4 is 5.32 Å². The molecule has 1 atom stereocenters. The standard InChI is InChI=1S/C21H32N2O2/c1-3-5-7-11-15-22-20(24)19-17-13-9-10-14-18(17)21(25)23(19)16-12-8-6-4-2/h9-10,13-14,19H,3-8,11-12,15-16H2,1-2H3,(H,22,24). The lowest BCUT2D eigenvalue weighted by atomic mass is 10.0. The van der Waals surface area contributed by atoms with Gasteiger partial charge in [0.1, 0.15) is 6.04 Å². The number of unbranched alkanes of at least 4 members (excludes halogenated alkanes) is 6. The van der Waals surface area contributed by atoms with Crippen molar-refractivity contribution in [3.05, 3.63) is 35.4 Å². The number of nitrogens with one attached hydrogen (secondary N) is 1. The SMILES string of the molecule is CCCCCCNC(=O)C1c2ccccc2C(=O)N1CCCCCC. The van der Waals surface area contributed by atoms with E-state index in [1.807, 2.05) is 24.3 Å². The molecule has 1 heterocycles. The molecule has 0 aromatic heterocycles. The predicted molar refractivity (Wildman–Crippen MR) is 102 cm³/mol. The molecule has 2 amide bonds. The summed E-state index contributed by atoms with van der Waals surface area (Å²) in [5.74, 6) is -0.0384. The lowest BCUT2D eigenvalue weighted by Crippen LogP contribution is -2.40. The van der Waals surface area contributed by atoms with Gasteiger partial charge in [-0.25, -0.2) is 0 Å². The van der Waals surface area contributed by atoms with Crippen LogP contribution >= 0.6 is 0 Å². The Morgan fingerprint density at radius 3 is 2.40 bits per heavy atom. The van der Waals surface area contributed by atoms with Crippen molar-refractivity contribution in [2.24, 2.45) is 0 Å². The minimum Gasteiger partial charge on any atom is -0.354 e. The lowest BCUT2D eigenvalue weighted by molar-refractivity contribution is -0.125. The molecule has 0 radical (unpaired) electrons. The Labute approximate surface area is 152 Å². The van der Waals surface area contributed by atoms with Crippen molar-refractivity contribution in [2.75, 3.05) is 13.1 Å². The average Bonchev–Trinajstić information content (AvgIpc) is 2.91. The summed E-state index contributed by atoms with van der Waals surface area (Å²) in [7, 11) is 0. The van der Waals surface area contributed by atoms with Crippen LogP contribution in [-0.2, 0) is 4.79 Å². The van der Waals surface area contributed by atoms with Gasteiger partial charge in [0, 0.05) is 18.7 Å². The largest absolute Gasteiger partial charge is 0.354 e. The molecule has 4 heteroatoms. The molecule has 0 spiro atoms. The van der Waals surface area contributed by atoms with Gasteiger partial charge in [0.2, 0.25) is 5.91 Å². The molecular weight excluding hydrogens is 312 g/mol. The average molecular weight is 344 g/mol. The number of hydrogen-bond acceptors (Lipinski definition) is 2. The van der Waals surface area contributed by atoms with Gasteiger partial charge in [-0.05, 0) is 24.5 Å². The van der Waals surface area contributed by atoms with Gasteiger partial charge in [0.15, 0.2) is 0 Å². The molecule has 1 unspecified atom stereocenters. The van der Waals surface area contributed by atoms with E-state index in [2.05, 4.69) is 19.2 Å². The summed E-state index contributed by atoms with van der Waals surface area (Å²) in [6, 6.07) is 7.08. The monoisotopic (exact) mass is 344 g/mol. The first kappa shape index (κ1) is 19.5. The second kappa shape index (κ2) is 10.2. The lowest BCUT2D eigenvalue weighted by Gasteiger charge is -2.24. The van der Waals surface area contributed by atoms with E-state index in [0.29, 0.717) is 18.7 Å². The van der Waals surface area contributed by atoms with Gasteiger partial charge in [-0.1, -0.05) is 70.6 Å². The number of hydrogen-bond donors (Lipinski definition) is 1. The van der Waals surface area contributed by atoms with Crippen molar-refractivity contribution in [1.82, 2.24) is 10.2 Å². The first-order valence-corrected chi connectivity index (χ1v) is 9.88. The summed E-state index contributed by atoms with van der Waals surface area (Å²) in [6.45, 7) is 5.69. The first-order chi connectivity index (χ1) is 12.2. The topological polar surface area (TPSA) is 49.4 Å². The summed E-state index contributed by atoms with van der Waals surface area (Å²) < 4.78 is 0. The van der Waals surface area contributed by atoms with E-state index in [4.69, 9.17) is 0 Å². The van der Waals surface area contributed by atoms with Gasteiger partial charge < -0.3 is 10.2 Å². The minimum absolute atomic E-state index is 0.00164. The third-order valence-corrected chi connectivity index (χ3v) is 4.89. The fourth-order valence-corrected chi connectivity index (χ4v) is 3.45. The molecular formula is C21H32N2O2. The van der Waals surface area contributed by atoms with Crippen molar-refractivity contribution >= 4 is 11.8 Å². The Balaban J connectivity index is 2.01. The van der Waals surface area contributed by atoms with E-state index >= 15 is 0 Å². The van der Waals surface area contributed by atoms with Crippen LogP contribution in [0.3, 0.4) is 0 Å². The van der Waals surface area contributed by atoms with Crippen LogP contribution in [0.5, 0.6) is 0 Å². The highest BCUT2D eigenvalue weighted by Crippen LogP contribution is 2.34. The molecule has 1 aliphatic heterocycles. The summed E-state index contributed by atoms with van der Waals surface area (Å²) in [6.07, 6.45) is 8.90. The molecule has 1 N–H and O–H groups in total. The molecule has 1 aromatic carbocycles. The summed E-state index contributed by atoms with van der Waals surface area (Å²) in [5, 5.41) is 3.04. The maximum Gasteiger partial charge on any atom is 0.255 e. The molecule has 0 fully saturated rings. The van der Waals surface area contributed by atoms with E-state index in [1.165, 1.54) is 19.3 Å². The first-order valence-electron chi connectivity index (χ1n) is 9.88. The summed E-state index contributed by atoms with van der Waals surface area (Å²) in [4.78, 5) is 27.3. The van der Waals surface area contributed by atoms with E-state index in [9.17, 15) is 9.59 Å². The van der Waals surface area contributed by atoms with E-state index in [1.54, 1.807) is 4.90 Å². The highest BCUT2D eigenvalue weighted by Gasteiger charge is 2.40. The van der Waals surface area contributed by atoms with Gasteiger partial charge in [-0.2, -0.15) is 0 Å². The van der Waals surface area contributed by atoms with E-state index < -0.39 is 6.04 Å². The number of carbonyl (C=O) groups is 2. The van der Waals surface area contributed by atoms with Crippen molar-refractivity contribution in [3.63, 3.8) is 0 Å². The number of nitrogens with zero attached hydrogens (tertiary/aromatic N) is 1. The van der Waals surface area contributed by atoms with Crippen LogP contribution in [0.2, 0.25) is 0 Å². The van der Waals surface area contributed by atoms with Crippen molar-refractivity contribution in [2.45, 2.75) is 71.3 Å². The highest BCUT2D eigenvalue weighted by molar-refractivity contribution is 6.04.